The van der Waals surface area contributed by atoms with E-state index < -0.39 is 5.91 Å². The largest absolute Gasteiger partial charge is 0.353 e. The predicted molar refractivity (Wildman–Crippen MR) is 110 cm³/mol. The average Bonchev–Trinajstić information content (AvgIpc) is 2.56. The maximum absolute atomic E-state index is 9.58. The van der Waals surface area contributed by atoms with Gasteiger partial charge in [-0.15, -0.1) is 0 Å². The van der Waals surface area contributed by atoms with Gasteiger partial charge in [-0.3, -0.25) is 4.90 Å². The molecule has 0 atom stereocenters. The van der Waals surface area contributed by atoms with Crippen molar-refractivity contribution in [1.82, 2.24) is 4.90 Å². The second kappa shape index (κ2) is 17.3. The van der Waals surface area contributed by atoms with Gasteiger partial charge in [-0.1, -0.05) is 110 Å². The van der Waals surface area contributed by atoms with Crippen molar-refractivity contribution in [2.24, 2.45) is 0 Å². The summed E-state index contributed by atoms with van der Waals surface area (Å²) >= 11 is 0. The Labute approximate surface area is 158 Å². The minimum absolute atomic E-state index is 0.683. The van der Waals surface area contributed by atoms with Crippen LogP contribution < -0.4 is 0 Å². The molecule has 0 unspecified atom stereocenters. The van der Waals surface area contributed by atoms with E-state index in [4.69, 9.17) is 0 Å². The molecule has 0 aromatic carbocycles. The van der Waals surface area contributed by atoms with Crippen molar-refractivity contribution in [2.75, 3.05) is 13.1 Å². The third-order valence-electron chi connectivity index (χ3n) is 5.26. The summed E-state index contributed by atoms with van der Waals surface area (Å²) in [4.78, 5) is 1.72. The molecule has 0 fully saturated rings. The number of hydrogen-bond donors (Lipinski definition) is 2. The fourth-order valence-electron chi connectivity index (χ4n) is 3.52. The Morgan fingerprint density at radius 1 is 0.560 bits per heavy atom. The van der Waals surface area contributed by atoms with Gasteiger partial charge in [-0.05, 0) is 6.42 Å². The first-order chi connectivity index (χ1) is 12.0. The molecule has 0 amide bonds. The van der Waals surface area contributed by atoms with Gasteiger partial charge in [0.25, 0.3) is 0 Å². The lowest BCUT2D eigenvalue weighted by Gasteiger charge is -2.31. The summed E-state index contributed by atoms with van der Waals surface area (Å²) in [6.07, 6.45) is 21.9. The molecule has 0 aliphatic carbocycles. The molecule has 0 aliphatic heterocycles. The van der Waals surface area contributed by atoms with Gasteiger partial charge in [0.05, 0.1) is 0 Å². The van der Waals surface area contributed by atoms with E-state index >= 15 is 0 Å². The second-order valence-corrected chi connectivity index (χ2v) is 7.85. The lowest BCUT2D eigenvalue weighted by Crippen LogP contribution is -2.46. The lowest BCUT2D eigenvalue weighted by molar-refractivity contribution is -0.249. The number of hydrogen-bond acceptors (Lipinski definition) is 3. The Hall–Kier alpha value is -0.120. The van der Waals surface area contributed by atoms with Gasteiger partial charge in [0.15, 0.2) is 0 Å². The van der Waals surface area contributed by atoms with Crippen LogP contribution >= 0.6 is 0 Å². The molecule has 0 bridgehead atoms. The molecule has 3 heteroatoms. The van der Waals surface area contributed by atoms with E-state index in [1.165, 1.54) is 103 Å². The van der Waals surface area contributed by atoms with E-state index in [0.29, 0.717) is 6.54 Å². The number of nitrogens with zero attached hydrogens (tertiary/aromatic N) is 1. The highest BCUT2D eigenvalue weighted by molar-refractivity contribution is 4.61. The van der Waals surface area contributed by atoms with Gasteiger partial charge in [-0.2, -0.15) is 0 Å². The highest BCUT2D eigenvalue weighted by Gasteiger charge is 2.23. The van der Waals surface area contributed by atoms with E-state index in [2.05, 4.69) is 6.92 Å². The quantitative estimate of drug-likeness (QED) is 0.213. The summed E-state index contributed by atoms with van der Waals surface area (Å²) in [6, 6.07) is 0. The first-order valence-corrected chi connectivity index (χ1v) is 11.2. The van der Waals surface area contributed by atoms with Crippen LogP contribution in [0.25, 0.3) is 0 Å². The molecule has 152 valence electrons. The average molecular weight is 358 g/mol. The van der Waals surface area contributed by atoms with Crippen LogP contribution in [-0.4, -0.2) is 34.1 Å². The van der Waals surface area contributed by atoms with E-state index in [1.54, 1.807) is 4.90 Å². The van der Waals surface area contributed by atoms with E-state index in [-0.39, 0.29) is 0 Å². The zero-order valence-electron chi connectivity index (χ0n) is 17.6. The Morgan fingerprint density at radius 3 is 1.16 bits per heavy atom. The maximum atomic E-state index is 9.58. The third kappa shape index (κ3) is 17.1. The highest BCUT2D eigenvalue weighted by Crippen LogP contribution is 2.14. The van der Waals surface area contributed by atoms with Crippen LogP contribution in [0.4, 0.5) is 0 Å². The van der Waals surface area contributed by atoms with E-state index in [1.807, 2.05) is 6.92 Å². The smallest absolute Gasteiger partial charge is 0.221 e. The van der Waals surface area contributed by atoms with Crippen LogP contribution in [0.3, 0.4) is 0 Å². The standard InChI is InChI=1S/C22H47NO2/c1-4-6-7-8-9-10-11-12-13-14-15-16-17-18-19-20-21-23(5-2)22(3,24)25/h24-25H,4-21H2,1-3H3. The van der Waals surface area contributed by atoms with Gasteiger partial charge in [0.1, 0.15) is 0 Å². The molecule has 0 spiro atoms. The SMILES string of the molecule is CCCCCCCCCCCCCCCCCCN(CC)C(C)(O)O. The van der Waals surface area contributed by atoms with Gasteiger partial charge >= 0.3 is 0 Å². The topological polar surface area (TPSA) is 43.7 Å². The van der Waals surface area contributed by atoms with Crippen molar-refractivity contribution in [2.45, 2.75) is 129 Å². The first kappa shape index (κ1) is 24.9. The first-order valence-electron chi connectivity index (χ1n) is 11.2. The van der Waals surface area contributed by atoms with Gasteiger partial charge in [0, 0.05) is 20.0 Å². The summed E-state index contributed by atoms with van der Waals surface area (Å²) in [7, 11) is 0. The molecule has 0 aliphatic rings. The molecular weight excluding hydrogens is 310 g/mol. The van der Waals surface area contributed by atoms with E-state index in [0.717, 1.165) is 13.0 Å². The van der Waals surface area contributed by atoms with Crippen molar-refractivity contribution in [1.29, 1.82) is 0 Å². The lowest BCUT2D eigenvalue weighted by atomic mass is 10.0. The molecule has 0 aromatic heterocycles. The van der Waals surface area contributed by atoms with Crippen LogP contribution in [0, 0.1) is 0 Å². The van der Waals surface area contributed by atoms with Crippen LogP contribution in [-0.2, 0) is 0 Å². The normalized spacial score (nSPS) is 12.2. The van der Waals surface area contributed by atoms with Gasteiger partial charge in [0.2, 0.25) is 5.91 Å². The van der Waals surface area contributed by atoms with Crippen LogP contribution in [0.15, 0.2) is 0 Å². The molecule has 0 radical (unpaired) electrons. The Kier molecular flexibility index (Phi) is 17.2. The Morgan fingerprint density at radius 2 is 0.880 bits per heavy atom. The molecule has 0 saturated carbocycles. The predicted octanol–water partition coefficient (Wildman–Crippen LogP) is 6.23. The minimum atomic E-state index is -1.66. The van der Waals surface area contributed by atoms with Crippen molar-refractivity contribution < 1.29 is 10.2 Å². The molecule has 0 aromatic rings. The monoisotopic (exact) mass is 357 g/mol. The molecule has 0 saturated heterocycles. The molecule has 3 nitrogen and oxygen atoms in total. The fourth-order valence-corrected chi connectivity index (χ4v) is 3.52. The molecule has 2 N–H and O–H groups in total. The third-order valence-corrected chi connectivity index (χ3v) is 5.26. The highest BCUT2D eigenvalue weighted by atomic mass is 16.5. The molecule has 0 rings (SSSR count). The van der Waals surface area contributed by atoms with E-state index in [9.17, 15) is 10.2 Å². The van der Waals surface area contributed by atoms with Crippen molar-refractivity contribution in [3.8, 4) is 0 Å². The fraction of sp³-hybridized carbons (Fsp3) is 1.00. The van der Waals surface area contributed by atoms with Crippen molar-refractivity contribution >= 4 is 0 Å². The molecular formula is C22H47NO2. The molecule has 25 heavy (non-hydrogen) atoms. The summed E-state index contributed by atoms with van der Waals surface area (Å²) in [5, 5.41) is 19.2. The zero-order chi connectivity index (χ0) is 18.8. The molecule has 0 heterocycles. The Balaban J connectivity index is 3.19. The summed E-state index contributed by atoms with van der Waals surface area (Å²) in [6.45, 7) is 7.16. The van der Waals surface area contributed by atoms with Crippen molar-refractivity contribution in [3.63, 3.8) is 0 Å². The minimum Gasteiger partial charge on any atom is -0.353 e. The summed E-state index contributed by atoms with van der Waals surface area (Å²) in [5.74, 6) is -1.66. The summed E-state index contributed by atoms with van der Waals surface area (Å²) < 4.78 is 0. The zero-order valence-corrected chi connectivity index (χ0v) is 17.6. The summed E-state index contributed by atoms with van der Waals surface area (Å²) in [5.41, 5.74) is 0. The van der Waals surface area contributed by atoms with Crippen molar-refractivity contribution in [3.05, 3.63) is 0 Å². The van der Waals surface area contributed by atoms with Crippen LogP contribution in [0.5, 0.6) is 0 Å². The maximum Gasteiger partial charge on any atom is 0.221 e. The Bertz CT molecular complexity index is 263. The number of aliphatic hydroxyl groups is 2. The van der Waals surface area contributed by atoms with Crippen LogP contribution in [0.2, 0.25) is 0 Å². The van der Waals surface area contributed by atoms with Crippen LogP contribution in [0.1, 0.15) is 124 Å². The number of unbranched alkanes of at least 4 members (excludes halogenated alkanes) is 15. The van der Waals surface area contributed by atoms with Gasteiger partial charge < -0.3 is 10.2 Å². The second-order valence-electron chi connectivity index (χ2n) is 7.85. The van der Waals surface area contributed by atoms with Gasteiger partial charge in [-0.25, -0.2) is 0 Å². The number of rotatable bonds is 19.